The van der Waals surface area contributed by atoms with Crippen LogP contribution >= 0.6 is 11.8 Å². The average Bonchev–Trinajstić information content (AvgIpc) is 3.06. The van der Waals surface area contributed by atoms with Crippen LogP contribution in [0.4, 0.5) is 0 Å². The average molecular weight is 251 g/mol. The minimum Gasteiger partial charge on any atom is -0.310 e. The lowest BCUT2D eigenvalue weighted by molar-refractivity contribution is 0.736. The lowest BCUT2D eigenvalue weighted by Gasteiger charge is -2.06. The molecule has 2 N–H and O–H groups in total. The molecule has 0 amide bonds. The molecule has 0 unspecified atom stereocenters. The molecule has 0 aliphatic heterocycles. The molecule has 0 atom stereocenters. The van der Waals surface area contributed by atoms with Gasteiger partial charge in [0.05, 0.1) is 0 Å². The van der Waals surface area contributed by atoms with Crippen LogP contribution in [0.3, 0.4) is 0 Å². The fourth-order valence-corrected chi connectivity index (χ4v) is 2.24. The van der Waals surface area contributed by atoms with Gasteiger partial charge in [-0.1, -0.05) is 23.9 Å². The quantitative estimate of drug-likeness (QED) is 0.457. The maximum atomic E-state index is 11.2. The molecular weight excluding hydrogens is 234 g/mol. The Bertz CT molecular complexity index is 465. The standard InChI is InChI=1S/C12H17N3OS/c1-8(6-13-10-3-4-10)7-17-12-14-9(2)5-11(16)15-12/h5,10,13H,1,3-4,6-7H2,2H3,(H,14,15,16). The van der Waals surface area contributed by atoms with Crippen molar-refractivity contribution < 1.29 is 0 Å². The number of aromatic amines is 1. The number of hydrogen-bond acceptors (Lipinski definition) is 4. The summed E-state index contributed by atoms with van der Waals surface area (Å²) in [4.78, 5) is 18.2. The molecule has 0 aromatic carbocycles. The van der Waals surface area contributed by atoms with Gasteiger partial charge in [0.1, 0.15) is 0 Å². The summed E-state index contributed by atoms with van der Waals surface area (Å²) in [6, 6.07) is 2.20. The third kappa shape index (κ3) is 4.36. The van der Waals surface area contributed by atoms with E-state index in [2.05, 4.69) is 21.9 Å². The van der Waals surface area contributed by atoms with E-state index in [-0.39, 0.29) is 5.56 Å². The van der Waals surface area contributed by atoms with Crippen molar-refractivity contribution in [3.63, 3.8) is 0 Å². The molecule has 1 aliphatic carbocycles. The van der Waals surface area contributed by atoms with E-state index >= 15 is 0 Å². The topological polar surface area (TPSA) is 57.8 Å². The number of aromatic nitrogens is 2. The Kier molecular flexibility index (Phi) is 4.02. The van der Waals surface area contributed by atoms with Gasteiger partial charge in [-0.25, -0.2) is 4.98 Å². The van der Waals surface area contributed by atoms with Gasteiger partial charge in [-0.3, -0.25) is 4.79 Å². The van der Waals surface area contributed by atoms with Crippen molar-refractivity contribution >= 4 is 11.8 Å². The molecule has 1 aromatic heterocycles. The summed E-state index contributed by atoms with van der Waals surface area (Å²) in [5, 5.41) is 4.08. The van der Waals surface area contributed by atoms with Crippen LogP contribution in [-0.4, -0.2) is 28.3 Å². The number of hydrogen-bond donors (Lipinski definition) is 2. The van der Waals surface area contributed by atoms with Gasteiger partial charge >= 0.3 is 0 Å². The van der Waals surface area contributed by atoms with E-state index in [9.17, 15) is 4.79 Å². The van der Waals surface area contributed by atoms with Crippen LogP contribution in [0.15, 0.2) is 28.2 Å². The lowest BCUT2D eigenvalue weighted by Crippen LogP contribution is -2.19. The summed E-state index contributed by atoms with van der Waals surface area (Å²) < 4.78 is 0. The second-order valence-electron chi connectivity index (χ2n) is 4.39. The summed E-state index contributed by atoms with van der Waals surface area (Å²) >= 11 is 1.52. The van der Waals surface area contributed by atoms with E-state index in [4.69, 9.17) is 0 Å². The zero-order chi connectivity index (χ0) is 12.3. The third-order valence-corrected chi connectivity index (χ3v) is 3.50. The van der Waals surface area contributed by atoms with E-state index < -0.39 is 0 Å². The molecule has 0 radical (unpaired) electrons. The van der Waals surface area contributed by atoms with Crippen LogP contribution in [0.25, 0.3) is 0 Å². The predicted molar refractivity (Wildman–Crippen MR) is 70.5 cm³/mol. The summed E-state index contributed by atoms with van der Waals surface area (Å²) in [6.07, 6.45) is 2.57. The molecule has 17 heavy (non-hydrogen) atoms. The van der Waals surface area contributed by atoms with E-state index in [1.165, 1.54) is 30.7 Å². The first kappa shape index (κ1) is 12.4. The highest BCUT2D eigenvalue weighted by molar-refractivity contribution is 7.99. The Hall–Kier alpha value is -1.07. The zero-order valence-electron chi connectivity index (χ0n) is 9.95. The highest BCUT2D eigenvalue weighted by atomic mass is 32.2. The van der Waals surface area contributed by atoms with Crippen molar-refractivity contribution in [2.45, 2.75) is 31.0 Å². The highest BCUT2D eigenvalue weighted by Gasteiger charge is 2.19. The van der Waals surface area contributed by atoms with Gasteiger partial charge in [0.25, 0.3) is 5.56 Å². The first-order valence-electron chi connectivity index (χ1n) is 5.74. The molecule has 1 fully saturated rings. The number of H-pyrrole nitrogens is 1. The van der Waals surface area contributed by atoms with Crippen molar-refractivity contribution in [1.82, 2.24) is 15.3 Å². The van der Waals surface area contributed by atoms with E-state index in [0.29, 0.717) is 11.2 Å². The molecule has 1 heterocycles. The minimum atomic E-state index is -0.0956. The highest BCUT2D eigenvalue weighted by Crippen LogP contribution is 2.19. The second-order valence-corrected chi connectivity index (χ2v) is 5.35. The van der Waals surface area contributed by atoms with Gasteiger partial charge in [0.15, 0.2) is 5.16 Å². The van der Waals surface area contributed by atoms with Crippen LogP contribution in [0.1, 0.15) is 18.5 Å². The monoisotopic (exact) mass is 251 g/mol. The van der Waals surface area contributed by atoms with Crippen LogP contribution in [-0.2, 0) is 0 Å². The Morgan fingerprint density at radius 1 is 1.71 bits per heavy atom. The van der Waals surface area contributed by atoms with Crippen LogP contribution in [0, 0.1) is 6.92 Å². The normalized spacial score (nSPS) is 14.9. The van der Waals surface area contributed by atoms with Gasteiger partial charge in [0, 0.05) is 30.1 Å². The first-order valence-corrected chi connectivity index (χ1v) is 6.73. The number of nitrogens with one attached hydrogen (secondary N) is 2. The van der Waals surface area contributed by atoms with E-state index in [0.717, 1.165) is 23.6 Å². The van der Waals surface area contributed by atoms with Crippen LogP contribution in [0.5, 0.6) is 0 Å². The van der Waals surface area contributed by atoms with Crippen LogP contribution < -0.4 is 10.9 Å². The Morgan fingerprint density at radius 2 is 2.47 bits per heavy atom. The van der Waals surface area contributed by atoms with Gasteiger partial charge in [-0.2, -0.15) is 0 Å². The van der Waals surface area contributed by atoms with Gasteiger partial charge in [-0.05, 0) is 19.8 Å². The minimum absolute atomic E-state index is 0.0956. The summed E-state index contributed by atoms with van der Waals surface area (Å²) in [5.41, 5.74) is 1.78. The molecule has 1 aromatic rings. The molecular formula is C12H17N3OS. The lowest BCUT2D eigenvalue weighted by atomic mass is 10.3. The van der Waals surface area contributed by atoms with Crippen molar-refractivity contribution in [3.8, 4) is 0 Å². The maximum Gasteiger partial charge on any atom is 0.251 e. The molecule has 1 aliphatic rings. The van der Waals surface area contributed by atoms with Crippen molar-refractivity contribution in [2.75, 3.05) is 12.3 Å². The fraction of sp³-hybridized carbons (Fsp3) is 0.500. The SMILES string of the molecule is C=C(CNC1CC1)CSc1nc(C)cc(=O)[nH]1. The van der Waals surface area contributed by atoms with Gasteiger partial charge < -0.3 is 10.3 Å². The summed E-state index contributed by atoms with van der Waals surface area (Å²) in [5.74, 6) is 0.784. The van der Waals surface area contributed by atoms with Gasteiger partial charge in [-0.15, -0.1) is 0 Å². The van der Waals surface area contributed by atoms with E-state index in [1.807, 2.05) is 6.92 Å². The van der Waals surface area contributed by atoms with Crippen LogP contribution in [0.2, 0.25) is 0 Å². The zero-order valence-corrected chi connectivity index (χ0v) is 10.8. The molecule has 2 rings (SSSR count). The maximum absolute atomic E-state index is 11.2. The number of nitrogens with zero attached hydrogens (tertiary/aromatic N) is 1. The fourth-order valence-electron chi connectivity index (χ4n) is 1.42. The summed E-state index contributed by atoms with van der Waals surface area (Å²) in [7, 11) is 0. The summed E-state index contributed by atoms with van der Waals surface area (Å²) in [6.45, 7) is 6.69. The Labute approximate surface area is 105 Å². The number of thioether (sulfide) groups is 1. The molecule has 4 nitrogen and oxygen atoms in total. The largest absolute Gasteiger partial charge is 0.310 e. The number of aryl methyl sites for hydroxylation is 1. The van der Waals surface area contributed by atoms with Crippen molar-refractivity contribution in [3.05, 3.63) is 34.3 Å². The van der Waals surface area contributed by atoms with Gasteiger partial charge in [0.2, 0.25) is 0 Å². The smallest absolute Gasteiger partial charge is 0.251 e. The van der Waals surface area contributed by atoms with E-state index in [1.54, 1.807) is 0 Å². The molecule has 0 spiro atoms. The molecule has 0 saturated heterocycles. The molecule has 5 heteroatoms. The third-order valence-electron chi connectivity index (χ3n) is 2.48. The number of rotatable bonds is 6. The predicted octanol–water partition coefficient (Wildman–Crippen LogP) is 1.48. The van der Waals surface area contributed by atoms with Crippen molar-refractivity contribution in [1.29, 1.82) is 0 Å². The Balaban J connectivity index is 1.79. The molecule has 1 saturated carbocycles. The second kappa shape index (κ2) is 5.51. The Morgan fingerprint density at radius 3 is 3.12 bits per heavy atom. The van der Waals surface area contributed by atoms with Crippen molar-refractivity contribution in [2.24, 2.45) is 0 Å². The first-order chi connectivity index (χ1) is 8.13. The molecule has 0 bridgehead atoms. The molecule has 92 valence electrons.